The van der Waals surface area contributed by atoms with Crippen molar-refractivity contribution in [1.82, 2.24) is 15.1 Å². The molecule has 31 heavy (non-hydrogen) atoms. The number of piperazine rings is 1. The van der Waals surface area contributed by atoms with Crippen molar-refractivity contribution in [3.8, 4) is 0 Å². The Kier molecular flexibility index (Phi) is 5.62. The quantitative estimate of drug-likeness (QED) is 0.606. The second-order valence-electron chi connectivity index (χ2n) is 8.00. The monoisotopic (exact) mass is 430 g/mol. The summed E-state index contributed by atoms with van der Waals surface area (Å²) in [6.45, 7) is 5.65. The molecule has 2 heterocycles. The number of alkyl halides is 3. The van der Waals surface area contributed by atoms with Crippen LogP contribution >= 0.6 is 0 Å². The molecule has 1 fully saturated rings. The Morgan fingerprint density at radius 1 is 1.06 bits per heavy atom. The van der Waals surface area contributed by atoms with E-state index in [1.165, 1.54) is 0 Å². The third-order valence-corrected chi connectivity index (χ3v) is 5.67. The van der Waals surface area contributed by atoms with Gasteiger partial charge in [0, 0.05) is 49.0 Å². The minimum atomic E-state index is -4.45. The highest BCUT2D eigenvalue weighted by molar-refractivity contribution is 5.93. The molecular formula is C22H25F3N6. The van der Waals surface area contributed by atoms with Crippen molar-refractivity contribution in [3.05, 3.63) is 53.7 Å². The highest BCUT2D eigenvalue weighted by Gasteiger charge is 2.31. The van der Waals surface area contributed by atoms with E-state index in [1.807, 2.05) is 12.1 Å². The fraction of sp³-hybridized carbons (Fsp3) is 0.364. The maximum Gasteiger partial charge on any atom is 0.416 e. The fourth-order valence-corrected chi connectivity index (χ4v) is 3.83. The van der Waals surface area contributed by atoms with E-state index in [2.05, 4.69) is 38.4 Å². The van der Waals surface area contributed by atoms with Gasteiger partial charge in [0.1, 0.15) is 0 Å². The lowest BCUT2D eigenvalue weighted by molar-refractivity contribution is -0.137. The van der Waals surface area contributed by atoms with Crippen LogP contribution in [0, 0.1) is 0 Å². The molecule has 0 radical (unpaired) electrons. The van der Waals surface area contributed by atoms with E-state index in [9.17, 15) is 13.2 Å². The molecule has 0 saturated carbocycles. The SMILES string of the molecule is C[C@@H](Nc1cnnc2ccc(N3CCN(C)CC3)cc12)c1cc(N)cc(C(F)(F)F)c1. The van der Waals surface area contributed by atoms with E-state index in [1.54, 1.807) is 19.2 Å². The van der Waals surface area contributed by atoms with Gasteiger partial charge in [-0.25, -0.2) is 0 Å². The van der Waals surface area contributed by atoms with Crippen molar-refractivity contribution < 1.29 is 13.2 Å². The first-order valence-electron chi connectivity index (χ1n) is 10.1. The summed E-state index contributed by atoms with van der Waals surface area (Å²) < 4.78 is 39.6. The van der Waals surface area contributed by atoms with Gasteiger partial charge in [0.05, 0.1) is 23.0 Å². The Morgan fingerprint density at radius 2 is 1.81 bits per heavy atom. The number of nitrogens with one attached hydrogen (secondary N) is 1. The summed E-state index contributed by atoms with van der Waals surface area (Å²) in [5.74, 6) is 0. The van der Waals surface area contributed by atoms with Crippen LogP contribution in [-0.2, 0) is 6.18 Å². The molecule has 9 heteroatoms. The predicted octanol–water partition coefficient (Wildman–Crippen LogP) is 4.16. The van der Waals surface area contributed by atoms with Crippen LogP contribution in [0.1, 0.15) is 24.1 Å². The number of rotatable bonds is 4. The Hall–Kier alpha value is -3.07. The molecule has 3 N–H and O–H groups in total. The van der Waals surface area contributed by atoms with Crippen LogP contribution in [0.5, 0.6) is 0 Å². The molecule has 1 atom stereocenters. The molecule has 3 aromatic rings. The van der Waals surface area contributed by atoms with Crippen LogP contribution < -0.4 is 16.0 Å². The molecule has 1 saturated heterocycles. The molecule has 1 aromatic heterocycles. The van der Waals surface area contributed by atoms with Gasteiger partial charge in [-0.1, -0.05) is 0 Å². The summed E-state index contributed by atoms with van der Waals surface area (Å²) in [4.78, 5) is 4.61. The van der Waals surface area contributed by atoms with E-state index in [0.29, 0.717) is 11.3 Å². The molecular weight excluding hydrogens is 405 g/mol. The van der Waals surface area contributed by atoms with Crippen molar-refractivity contribution in [2.24, 2.45) is 0 Å². The Morgan fingerprint density at radius 3 is 2.52 bits per heavy atom. The highest BCUT2D eigenvalue weighted by atomic mass is 19.4. The lowest BCUT2D eigenvalue weighted by Crippen LogP contribution is -2.44. The molecule has 1 aliphatic heterocycles. The van der Waals surface area contributed by atoms with E-state index in [0.717, 1.165) is 54.9 Å². The van der Waals surface area contributed by atoms with Gasteiger partial charge in [0.15, 0.2) is 0 Å². The molecule has 0 unspecified atom stereocenters. The van der Waals surface area contributed by atoms with Crippen LogP contribution in [-0.4, -0.2) is 48.3 Å². The van der Waals surface area contributed by atoms with Crippen LogP contribution in [0.3, 0.4) is 0 Å². The minimum absolute atomic E-state index is 0.0774. The zero-order chi connectivity index (χ0) is 22.2. The van der Waals surface area contributed by atoms with Crippen molar-refractivity contribution in [2.45, 2.75) is 19.1 Å². The van der Waals surface area contributed by atoms with Crippen molar-refractivity contribution in [2.75, 3.05) is 49.2 Å². The largest absolute Gasteiger partial charge is 0.416 e. The van der Waals surface area contributed by atoms with Crippen LogP contribution in [0.25, 0.3) is 10.9 Å². The molecule has 6 nitrogen and oxygen atoms in total. The number of benzene rings is 2. The number of aromatic nitrogens is 2. The van der Waals surface area contributed by atoms with Crippen LogP contribution in [0.15, 0.2) is 42.6 Å². The second-order valence-corrected chi connectivity index (χ2v) is 8.00. The van der Waals surface area contributed by atoms with Crippen molar-refractivity contribution >= 4 is 28.0 Å². The van der Waals surface area contributed by atoms with Gasteiger partial charge in [0.25, 0.3) is 0 Å². The summed E-state index contributed by atoms with van der Waals surface area (Å²) in [6.07, 6.45) is -2.85. The second kappa shape index (κ2) is 8.22. The molecule has 164 valence electrons. The topological polar surface area (TPSA) is 70.3 Å². The number of likely N-dealkylation sites (N-methyl/N-ethyl adjacent to an activating group) is 1. The van der Waals surface area contributed by atoms with Gasteiger partial charge < -0.3 is 20.9 Å². The number of nitrogen functional groups attached to an aromatic ring is 1. The number of nitrogens with zero attached hydrogens (tertiary/aromatic N) is 4. The Labute approximate surface area is 178 Å². The zero-order valence-electron chi connectivity index (χ0n) is 17.4. The number of fused-ring (bicyclic) bond motifs is 1. The highest BCUT2D eigenvalue weighted by Crippen LogP contribution is 2.34. The van der Waals surface area contributed by atoms with Crippen LogP contribution in [0.2, 0.25) is 0 Å². The summed E-state index contributed by atoms with van der Waals surface area (Å²) in [6, 6.07) is 9.23. The number of halogens is 3. The molecule has 0 amide bonds. The smallest absolute Gasteiger partial charge is 0.399 e. The van der Waals surface area contributed by atoms with Crippen molar-refractivity contribution in [1.29, 1.82) is 0 Å². The normalized spacial score (nSPS) is 16.5. The predicted molar refractivity (Wildman–Crippen MR) is 117 cm³/mol. The third kappa shape index (κ3) is 4.66. The van der Waals surface area contributed by atoms with Gasteiger partial charge in [-0.3, -0.25) is 0 Å². The third-order valence-electron chi connectivity index (χ3n) is 5.67. The average molecular weight is 430 g/mol. The summed E-state index contributed by atoms with van der Waals surface area (Å²) in [7, 11) is 2.11. The number of hydrogen-bond acceptors (Lipinski definition) is 6. The fourth-order valence-electron chi connectivity index (χ4n) is 3.83. The van der Waals surface area contributed by atoms with Crippen molar-refractivity contribution in [3.63, 3.8) is 0 Å². The first-order valence-corrected chi connectivity index (χ1v) is 10.1. The molecule has 0 bridgehead atoms. The summed E-state index contributed by atoms with van der Waals surface area (Å²) in [5, 5.41) is 12.4. The molecule has 1 aliphatic rings. The minimum Gasteiger partial charge on any atom is -0.399 e. The molecule has 0 aliphatic carbocycles. The molecule has 2 aromatic carbocycles. The van der Waals surface area contributed by atoms with Gasteiger partial charge in [-0.2, -0.15) is 23.4 Å². The van der Waals surface area contributed by atoms with E-state index in [-0.39, 0.29) is 5.69 Å². The molecule has 0 spiro atoms. The Balaban J connectivity index is 1.64. The maximum absolute atomic E-state index is 13.2. The van der Waals surface area contributed by atoms with E-state index in [4.69, 9.17) is 5.73 Å². The number of nitrogens with two attached hydrogens (primary N) is 1. The number of hydrogen-bond donors (Lipinski definition) is 2. The van der Waals surface area contributed by atoms with Gasteiger partial charge >= 0.3 is 6.18 Å². The summed E-state index contributed by atoms with van der Waals surface area (Å²) in [5.41, 5.74) is 8.03. The standard InChI is InChI=1S/C22H25F3N6/c1-14(15-9-16(22(23,24)25)11-17(26)10-15)28-21-13-27-29-20-4-3-18(12-19(20)21)31-7-5-30(2)6-8-31/h3-4,9-14H,5-8,26H2,1-2H3,(H,28,29)/t14-/m1/s1. The number of anilines is 3. The van der Waals surface area contributed by atoms with Gasteiger partial charge in [0.2, 0.25) is 0 Å². The average Bonchev–Trinajstić information content (AvgIpc) is 2.73. The molecule has 4 rings (SSSR count). The maximum atomic E-state index is 13.2. The first kappa shape index (κ1) is 21.2. The summed E-state index contributed by atoms with van der Waals surface area (Å²) >= 11 is 0. The first-order chi connectivity index (χ1) is 14.7. The van der Waals surface area contributed by atoms with Gasteiger partial charge in [-0.15, -0.1) is 0 Å². The van der Waals surface area contributed by atoms with Gasteiger partial charge in [-0.05, 0) is 55.9 Å². The van der Waals surface area contributed by atoms with Crippen LogP contribution in [0.4, 0.5) is 30.2 Å². The van der Waals surface area contributed by atoms with E-state index < -0.39 is 17.8 Å². The van der Waals surface area contributed by atoms with E-state index >= 15 is 0 Å². The zero-order valence-corrected chi connectivity index (χ0v) is 17.4. The lowest BCUT2D eigenvalue weighted by atomic mass is 10.0. The lowest BCUT2D eigenvalue weighted by Gasteiger charge is -2.34. The Bertz CT molecular complexity index is 1080.